The lowest BCUT2D eigenvalue weighted by molar-refractivity contribution is -0.161. The second-order valence-electron chi connectivity index (χ2n) is 20.5. The van der Waals surface area contributed by atoms with Gasteiger partial charge in [0.25, 0.3) is 0 Å². The van der Waals surface area contributed by atoms with Crippen LogP contribution < -0.4 is 0 Å². The number of ether oxygens (including phenoxy) is 3. The van der Waals surface area contributed by atoms with Crippen LogP contribution in [0.4, 0.5) is 0 Å². The van der Waals surface area contributed by atoms with Gasteiger partial charge in [-0.05, 0) is 64.2 Å². The molecule has 12 heteroatoms. The van der Waals surface area contributed by atoms with Crippen molar-refractivity contribution in [3.05, 3.63) is 24.3 Å². The topological polar surface area (TPSA) is 155 Å². The van der Waals surface area contributed by atoms with Gasteiger partial charge in [-0.15, -0.1) is 0 Å². The molecular formula is C60H113O11P. The van der Waals surface area contributed by atoms with Crippen LogP contribution in [0.25, 0.3) is 0 Å². The van der Waals surface area contributed by atoms with Crippen molar-refractivity contribution in [3.63, 3.8) is 0 Å². The van der Waals surface area contributed by atoms with Gasteiger partial charge in [0, 0.05) is 19.3 Å². The van der Waals surface area contributed by atoms with Gasteiger partial charge in [-0.2, -0.15) is 0 Å². The standard InChI is InChI=1S/C60H113O11P/c1-4-7-10-13-16-19-22-24-26-27-28-29-31-33-36-39-42-45-48-51-60(64)71-57(53-67-58(62)49-46-43-40-37-35-32-30-25-23-20-17-14-11-8-5-2)55-69-72(65,66)68-54-56(52-61)70-59(63)50-47-44-41-38-34-21-18-15-12-9-6-3/h15,18,25,30,56-57,61H,4-14,16-17,19-24,26-29,31-55H2,1-3H3,(H,65,66)/b18-15-,30-25-. The Morgan fingerprint density at radius 3 is 1.00 bits per heavy atom. The molecule has 424 valence electrons. The summed E-state index contributed by atoms with van der Waals surface area (Å²) in [6, 6.07) is 0. The Kier molecular flexibility index (Phi) is 53.6. The minimum absolute atomic E-state index is 0.170. The molecule has 0 aromatic carbocycles. The number of phosphoric acid groups is 1. The third kappa shape index (κ3) is 52.8. The highest BCUT2D eigenvalue weighted by Gasteiger charge is 2.28. The zero-order valence-corrected chi connectivity index (χ0v) is 47.8. The molecule has 0 aliphatic heterocycles. The summed E-state index contributed by atoms with van der Waals surface area (Å²) < 4.78 is 39.5. The molecule has 0 fully saturated rings. The van der Waals surface area contributed by atoms with Crippen molar-refractivity contribution in [1.82, 2.24) is 0 Å². The van der Waals surface area contributed by atoms with Crippen molar-refractivity contribution >= 4 is 25.7 Å². The number of rotatable bonds is 57. The summed E-state index contributed by atoms with van der Waals surface area (Å²) in [4.78, 5) is 48.5. The first-order chi connectivity index (χ1) is 35.2. The van der Waals surface area contributed by atoms with Crippen LogP contribution in [0.2, 0.25) is 0 Å². The average molecular weight is 1040 g/mol. The summed E-state index contributed by atoms with van der Waals surface area (Å²) >= 11 is 0. The molecule has 3 unspecified atom stereocenters. The predicted molar refractivity (Wildman–Crippen MR) is 298 cm³/mol. The summed E-state index contributed by atoms with van der Waals surface area (Å²) in [6.07, 6.45) is 55.7. The van der Waals surface area contributed by atoms with Crippen molar-refractivity contribution in [3.8, 4) is 0 Å². The fraction of sp³-hybridized carbons (Fsp3) is 0.883. The highest BCUT2D eigenvalue weighted by Crippen LogP contribution is 2.43. The summed E-state index contributed by atoms with van der Waals surface area (Å²) in [7, 11) is -4.74. The third-order valence-electron chi connectivity index (χ3n) is 13.3. The summed E-state index contributed by atoms with van der Waals surface area (Å²) in [5, 5.41) is 9.80. The number of allylic oxidation sites excluding steroid dienone is 4. The fourth-order valence-electron chi connectivity index (χ4n) is 8.69. The van der Waals surface area contributed by atoms with Gasteiger partial charge in [0.2, 0.25) is 0 Å². The minimum atomic E-state index is -4.74. The van der Waals surface area contributed by atoms with E-state index in [-0.39, 0.29) is 25.9 Å². The number of aliphatic hydroxyl groups excluding tert-OH is 1. The Morgan fingerprint density at radius 2 is 0.653 bits per heavy atom. The van der Waals surface area contributed by atoms with Crippen molar-refractivity contribution in [2.45, 2.75) is 315 Å². The van der Waals surface area contributed by atoms with Gasteiger partial charge in [0.1, 0.15) is 12.7 Å². The number of aliphatic hydroxyl groups is 1. The smallest absolute Gasteiger partial charge is 0.462 e. The first kappa shape index (κ1) is 70.0. The number of hydrogen-bond acceptors (Lipinski definition) is 10. The van der Waals surface area contributed by atoms with Crippen LogP contribution in [0, 0.1) is 0 Å². The molecule has 0 rings (SSSR count). The first-order valence-electron chi connectivity index (χ1n) is 30.2. The predicted octanol–water partition coefficient (Wildman–Crippen LogP) is 17.8. The van der Waals surface area contributed by atoms with Gasteiger partial charge < -0.3 is 24.2 Å². The van der Waals surface area contributed by atoms with E-state index in [4.69, 9.17) is 23.3 Å². The van der Waals surface area contributed by atoms with Gasteiger partial charge in [-0.1, -0.05) is 244 Å². The van der Waals surface area contributed by atoms with E-state index in [1.807, 2.05) is 0 Å². The molecule has 0 saturated carbocycles. The molecule has 0 saturated heterocycles. The maximum absolute atomic E-state index is 12.9. The third-order valence-corrected chi connectivity index (χ3v) is 14.3. The Balaban J connectivity index is 4.67. The van der Waals surface area contributed by atoms with Crippen LogP contribution in [0.5, 0.6) is 0 Å². The second kappa shape index (κ2) is 55.2. The number of carbonyl (C=O) groups excluding carboxylic acids is 3. The summed E-state index contributed by atoms with van der Waals surface area (Å²) in [5.74, 6) is -1.46. The maximum Gasteiger partial charge on any atom is 0.472 e. The number of unbranched alkanes of at least 4 members (excludes halogenated alkanes) is 36. The van der Waals surface area contributed by atoms with Gasteiger partial charge in [-0.25, -0.2) is 4.57 Å². The zero-order chi connectivity index (χ0) is 52.7. The molecule has 0 aliphatic carbocycles. The normalized spacial score (nSPS) is 13.5. The Bertz CT molecular complexity index is 1310. The van der Waals surface area contributed by atoms with E-state index >= 15 is 0 Å². The van der Waals surface area contributed by atoms with Crippen LogP contribution in [0.15, 0.2) is 24.3 Å². The molecule has 0 bridgehead atoms. The lowest BCUT2D eigenvalue weighted by Gasteiger charge is -2.21. The first-order valence-corrected chi connectivity index (χ1v) is 31.7. The van der Waals surface area contributed by atoms with Gasteiger partial charge in [0.15, 0.2) is 6.10 Å². The van der Waals surface area contributed by atoms with Gasteiger partial charge >= 0.3 is 25.7 Å². The molecule has 0 aromatic heterocycles. The van der Waals surface area contributed by atoms with E-state index in [1.54, 1.807) is 0 Å². The van der Waals surface area contributed by atoms with E-state index in [0.29, 0.717) is 19.3 Å². The summed E-state index contributed by atoms with van der Waals surface area (Å²) in [6.45, 7) is 4.64. The highest BCUT2D eigenvalue weighted by molar-refractivity contribution is 7.47. The molecule has 72 heavy (non-hydrogen) atoms. The highest BCUT2D eigenvalue weighted by atomic mass is 31.2. The number of esters is 3. The lowest BCUT2D eigenvalue weighted by atomic mass is 10.0. The largest absolute Gasteiger partial charge is 0.472 e. The molecule has 0 aromatic rings. The Hall–Kier alpha value is -2.04. The lowest BCUT2D eigenvalue weighted by Crippen LogP contribution is -2.30. The maximum atomic E-state index is 12.9. The van der Waals surface area contributed by atoms with E-state index in [9.17, 15) is 28.9 Å². The van der Waals surface area contributed by atoms with E-state index in [2.05, 4.69) is 45.1 Å². The SMILES string of the molecule is CCCC/C=C\CCCCCCCC(=O)OC(CO)COP(=O)(O)OCC(COC(=O)CCCCCCC/C=C\CCCCCCCC)OC(=O)CCCCCCCCCCCCCCCCCCCCC. The van der Waals surface area contributed by atoms with Crippen LogP contribution in [0.3, 0.4) is 0 Å². The van der Waals surface area contributed by atoms with Gasteiger partial charge in [0.05, 0.1) is 19.8 Å². The van der Waals surface area contributed by atoms with Crippen molar-refractivity contribution in [2.24, 2.45) is 0 Å². The average Bonchev–Trinajstić information content (AvgIpc) is 3.37. The number of carbonyl (C=O) groups is 3. The molecule has 0 radical (unpaired) electrons. The van der Waals surface area contributed by atoms with Crippen LogP contribution >= 0.6 is 7.82 Å². The molecular weight excluding hydrogens is 928 g/mol. The van der Waals surface area contributed by atoms with Crippen LogP contribution in [-0.4, -0.2) is 66.5 Å². The molecule has 0 aliphatic rings. The van der Waals surface area contributed by atoms with Crippen LogP contribution in [0.1, 0.15) is 303 Å². The monoisotopic (exact) mass is 1040 g/mol. The van der Waals surface area contributed by atoms with Crippen LogP contribution in [-0.2, 0) is 42.2 Å². The number of hydrogen-bond donors (Lipinski definition) is 2. The fourth-order valence-corrected chi connectivity index (χ4v) is 9.47. The quantitative estimate of drug-likeness (QED) is 0.0197. The molecule has 0 spiro atoms. The zero-order valence-electron chi connectivity index (χ0n) is 46.9. The molecule has 11 nitrogen and oxygen atoms in total. The molecule has 0 heterocycles. The Labute approximate surface area is 442 Å². The molecule has 2 N–H and O–H groups in total. The van der Waals surface area contributed by atoms with E-state index < -0.39 is 57.8 Å². The molecule has 3 atom stereocenters. The summed E-state index contributed by atoms with van der Waals surface area (Å²) in [5.41, 5.74) is 0. The van der Waals surface area contributed by atoms with Gasteiger partial charge in [-0.3, -0.25) is 23.4 Å². The molecule has 0 amide bonds. The number of phosphoric ester groups is 1. The Morgan fingerprint density at radius 1 is 0.375 bits per heavy atom. The van der Waals surface area contributed by atoms with Crippen molar-refractivity contribution in [2.75, 3.05) is 26.4 Å². The minimum Gasteiger partial charge on any atom is -0.462 e. The van der Waals surface area contributed by atoms with Crippen molar-refractivity contribution < 1.29 is 52.2 Å². The van der Waals surface area contributed by atoms with E-state index in [0.717, 1.165) is 96.3 Å². The van der Waals surface area contributed by atoms with E-state index in [1.165, 1.54) is 148 Å². The second-order valence-corrected chi connectivity index (χ2v) is 22.0. The van der Waals surface area contributed by atoms with Crippen molar-refractivity contribution in [1.29, 1.82) is 0 Å².